The van der Waals surface area contributed by atoms with Crippen molar-refractivity contribution in [2.24, 2.45) is 0 Å². The van der Waals surface area contributed by atoms with Crippen LogP contribution >= 0.6 is 0 Å². The molecule has 0 bridgehead atoms. The number of H-pyrrole nitrogens is 1. The Kier molecular flexibility index (Phi) is 4.04. The number of aromatic nitrogens is 3. The third kappa shape index (κ3) is 3.27. The molecule has 0 aliphatic carbocycles. The molecule has 0 spiro atoms. The second kappa shape index (κ2) is 6.03. The van der Waals surface area contributed by atoms with E-state index in [2.05, 4.69) is 20.3 Å². The standard InChI is InChI=1S/C16H16F3N5/c1-24(2)15-10(3-6-14(23-15)16(17,18)19)8-20-11-4-5-12-13(7-11)22-9-21-12/h3-7,9,20H,8H2,1-2H3,(H,21,22). The van der Waals surface area contributed by atoms with Crippen molar-refractivity contribution in [1.29, 1.82) is 0 Å². The minimum atomic E-state index is -4.46. The van der Waals surface area contributed by atoms with Gasteiger partial charge in [0.15, 0.2) is 0 Å². The minimum Gasteiger partial charge on any atom is -0.381 e. The van der Waals surface area contributed by atoms with E-state index in [0.29, 0.717) is 17.9 Å². The van der Waals surface area contributed by atoms with Crippen molar-refractivity contribution in [2.75, 3.05) is 24.3 Å². The molecule has 8 heteroatoms. The zero-order valence-electron chi connectivity index (χ0n) is 13.1. The summed E-state index contributed by atoms with van der Waals surface area (Å²) in [6, 6.07) is 8.09. The number of hydrogen-bond acceptors (Lipinski definition) is 4. The van der Waals surface area contributed by atoms with E-state index in [9.17, 15) is 13.2 Å². The number of halogens is 3. The Bertz CT molecular complexity index is 854. The van der Waals surface area contributed by atoms with Crippen molar-refractivity contribution in [3.63, 3.8) is 0 Å². The monoisotopic (exact) mass is 335 g/mol. The maximum atomic E-state index is 12.8. The van der Waals surface area contributed by atoms with Crippen LogP contribution in [-0.4, -0.2) is 29.0 Å². The lowest BCUT2D eigenvalue weighted by Crippen LogP contribution is -2.18. The highest BCUT2D eigenvalue weighted by atomic mass is 19.4. The van der Waals surface area contributed by atoms with E-state index in [1.807, 2.05) is 18.2 Å². The molecule has 5 nitrogen and oxygen atoms in total. The first-order valence-electron chi connectivity index (χ1n) is 7.26. The van der Waals surface area contributed by atoms with Crippen molar-refractivity contribution in [3.8, 4) is 0 Å². The molecule has 2 N–H and O–H groups in total. The van der Waals surface area contributed by atoms with Crippen LogP contribution < -0.4 is 10.2 Å². The number of nitrogens with one attached hydrogen (secondary N) is 2. The van der Waals surface area contributed by atoms with Gasteiger partial charge in [0.2, 0.25) is 0 Å². The highest BCUT2D eigenvalue weighted by Crippen LogP contribution is 2.30. The second-order valence-corrected chi connectivity index (χ2v) is 5.56. The van der Waals surface area contributed by atoms with E-state index >= 15 is 0 Å². The molecular formula is C16H16F3N5. The van der Waals surface area contributed by atoms with Gasteiger partial charge in [-0.15, -0.1) is 0 Å². The molecule has 0 radical (unpaired) electrons. The fourth-order valence-corrected chi connectivity index (χ4v) is 2.40. The number of nitrogens with zero attached hydrogens (tertiary/aromatic N) is 3. The Morgan fingerprint density at radius 3 is 2.67 bits per heavy atom. The van der Waals surface area contributed by atoms with Crippen LogP contribution in [0, 0.1) is 0 Å². The van der Waals surface area contributed by atoms with Gasteiger partial charge in [0.05, 0.1) is 17.4 Å². The zero-order valence-corrected chi connectivity index (χ0v) is 13.1. The van der Waals surface area contributed by atoms with Gasteiger partial charge < -0.3 is 15.2 Å². The Hall–Kier alpha value is -2.77. The Labute approximate surface area is 136 Å². The van der Waals surface area contributed by atoms with E-state index in [0.717, 1.165) is 22.8 Å². The fraction of sp³-hybridized carbons (Fsp3) is 0.250. The summed E-state index contributed by atoms with van der Waals surface area (Å²) in [5, 5.41) is 3.20. The van der Waals surface area contributed by atoms with E-state index < -0.39 is 11.9 Å². The molecule has 0 saturated heterocycles. The summed E-state index contributed by atoms with van der Waals surface area (Å²) >= 11 is 0. The summed E-state index contributed by atoms with van der Waals surface area (Å²) in [7, 11) is 3.34. The number of fused-ring (bicyclic) bond motifs is 1. The van der Waals surface area contributed by atoms with Crippen LogP contribution in [0.5, 0.6) is 0 Å². The molecule has 126 valence electrons. The maximum absolute atomic E-state index is 12.8. The highest BCUT2D eigenvalue weighted by molar-refractivity contribution is 5.78. The SMILES string of the molecule is CN(C)c1nc(C(F)(F)F)ccc1CNc1ccc2nc[nH]c2c1. The van der Waals surface area contributed by atoms with Crippen molar-refractivity contribution in [3.05, 3.63) is 47.9 Å². The first kappa shape index (κ1) is 16.1. The molecule has 0 aliphatic rings. The normalized spacial score (nSPS) is 11.7. The van der Waals surface area contributed by atoms with Crippen LogP contribution in [-0.2, 0) is 12.7 Å². The van der Waals surface area contributed by atoms with Crippen LogP contribution in [0.4, 0.5) is 24.7 Å². The molecule has 0 amide bonds. The highest BCUT2D eigenvalue weighted by Gasteiger charge is 2.33. The van der Waals surface area contributed by atoms with Gasteiger partial charge in [-0.3, -0.25) is 0 Å². The average Bonchev–Trinajstić information content (AvgIpc) is 2.99. The van der Waals surface area contributed by atoms with E-state index in [4.69, 9.17) is 0 Å². The first-order chi connectivity index (χ1) is 11.3. The zero-order chi connectivity index (χ0) is 17.3. The number of anilines is 2. The van der Waals surface area contributed by atoms with E-state index in [1.54, 1.807) is 25.3 Å². The van der Waals surface area contributed by atoms with E-state index in [-0.39, 0.29) is 0 Å². The van der Waals surface area contributed by atoms with Crippen LogP contribution in [0.2, 0.25) is 0 Å². The minimum absolute atomic E-state index is 0.292. The van der Waals surface area contributed by atoms with Crippen LogP contribution in [0.3, 0.4) is 0 Å². The van der Waals surface area contributed by atoms with Gasteiger partial charge in [-0.25, -0.2) is 9.97 Å². The lowest BCUT2D eigenvalue weighted by Gasteiger charge is -2.19. The lowest BCUT2D eigenvalue weighted by atomic mass is 10.2. The molecular weight excluding hydrogens is 319 g/mol. The molecule has 0 fully saturated rings. The number of pyridine rings is 1. The van der Waals surface area contributed by atoms with E-state index in [1.165, 1.54) is 6.07 Å². The molecule has 0 saturated carbocycles. The molecule has 0 atom stereocenters. The summed E-state index contributed by atoms with van der Waals surface area (Å²) in [5.74, 6) is 0.292. The Morgan fingerprint density at radius 2 is 1.96 bits per heavy atom. The molecule has 2 heterocycles. The number of aromatic amines is 1. The largest absolute Gasteiger partial charge is 0.433 e. The molecule has 0 unspecified atom stereocenters. The summed E-state index contributed by atoms with van der Waals surface area (Å²) in [5.41, 5.74) is 2.37. The van der Waals surface area contributed by atoms with Crippen LogP contribution in [0.1, 0.15) is 11.3 Å². The summed E-state index contributed by atoms with van der Waals surface area (Å²) in [6.45, 7) is 0.359. The number of alkyl halides is 3. The Morgan fingerprint density at radius 1 is 1.17 bits per heavy atom. The number of imidazole rings is 1. The van der Waals surface area contributed by atoms with Gasteiger partial charge in [0, 0.05) is 31.9 Å². The van der Waals surface area contributed by atoms with Gasteiger partial charge in [-0.2, -0.15) is 13.2 Å². The number of benzene rings is 1. The van der Waals surface area contributed by atoms with Crippen LogP contribution in [0.15, 0.2) is 36.7 Å². The predicted molar refractivity (Wildman–Crippen MR) is 87.0 cm³/mol. The van der Waals surface area contributed by atoms with Crippen molar-refractivity contribution < 1.29 is 13.2 Å². The number of hydrogen-bond donors (Lipinski definition) is 2. The smallest absolute Gasteiger partial charge is 0.381 e. The van der Waals surface area contributed by atoms with Crippen molar-refractivity contribution >= 4 is 22.5 Å². The Balaban J connectivity index is 1.83. The molecule has 24 heavy (non-hydrogen) atoms. The first-order valence-corrected chi connectivity index (χ1v) is 7.26. The van der Waals surface area contributed by atoms with Crippen molar-refractivity contribution in [2.45, 2.75) is 12.7 Å². The molecule has 3 rings (SSSR count). The molecule has 0 aliphatic heterocycles. The maximum Gasteiger partial charge on any atom is 0.433 e. The molecule has 1 aromatic carbocycles. The van der Waals surface area contributed by atoms with Gasteiger partial charge in [0.25, 0.3) is 0 Å². The van der Waals surface area contributed by atoms with Gasteiger partial charge >= 0.3 is 6.18 Å². The topological polar surface area (TPSA) is 56.8 Å². The second-order valence-electron chi connectivity index (χ2n) is 5.56. The number of rotatable bonds is 4. The van der Waals surface area contributed by atoms with Crippen LogP contribution in [0.25, 0.3) is 11.0 Å². The molecule has 2 aromatic heterocycles. The third-order valence-corrected chi connectivity index (χ3v) is 3.57. The quantitative estimate of drug-likeness (QED) is 0.764. The average molecular weight is 335 g/mol. The van der Waals surface area contributed by atoms with Crippen molar-refractivity contribution in [1.82, 2.24) is 15.0 Å². The lowest BCUT2D eigenvalue weighted by molar-refractivity contribution is -0.141. The molecule has 3 aromatic rings. The van der Waals surface area contributed by atoms with Gasteiger partial charge in [-0.1, -0.05) is 6.07 Å². The predicted octanol–water partition coefficient (Wildman–Crippen LogP) is 3.65. The van der Waals surface area contributed by atoms with Gasteiger partial charge in [0.1, 0.15) is 11.5 Å². The third-order valence-electron chi connectivity index (χ3n) is 3.57. The summed E-state index contributed by atoms with van der Waals surface area (Å²) < 4.78 is 38.5. The fourth-order valence-electron chi connectivity index (χ4n) is 2.40. The van der Waals surface area contributed by atoms with Gasteiger partial charge in [-0.05, 0) is 24.3 Å². The summed E-state index contributed by atoms with van der Waals surface area (Å²) in [6.07, 6.45) is -2.85. The summed E-state index contributed by atoms with van der Waals surface area (Å²) in [4.78, 5) is 12.5.